The molecule has 0 saturated carbocycles. The van der Waals surface area contributed by atoms with Crippen molar-refractivity contribution in [2.75, 3.05) is 16.9 Å². The van der Waals surface area contributed by atoms with Gasteiger partial charge >= 0.3 is 0 Å². The number of hydrogen-bond acceptors (Lipinski definition) is 4. The highest BCUT2D eigenvalue weighted by Crippen LogP contribution is 2.27. The minimum atomic E-state index is -0.339. The first-order valence-electron chi connectivity index (χ1n) is 7.39. The lowest BCUT2D eigenvalue weighted by molar-refractivity contribution is -0.114. The molecule has 0 unspecified atom stereocenters. The van der Waals surface area contributed by atoms with Crippen molar-refractivity contribution in [1.29, 1.82) is 0 Å². The molecule has 2 N–H and O–H groups in total. The maximum absolute atomic E-state index is 12.8. The maximum Gasteiger partial charge on any atom is 0.276 e. The molecule has 0 radical (unpaired) electrons. The monoisotopic (exact) mass is 418 g/mol. The zero-order valence-corrected chi connectivity index (χ0v) is 15.9. The van der Waals surface area contributed by atoms with Crippen LogP contribution in [0.2, 0.25) is 0 Å². The summed E-state index contributed by atoms with van der Waals surface area (Å²) in [6.45, 7) is 1.42. The van der Waals surface area contributed by atoms with Crippen molar-refractivity contribution in [3.8, 4) is 0 Å². The summed E-state index contributed by atoms with van der Waals surface area (Å²) < 4.78 is 2.66. The first-order chi connectivity index (χ1) is 12.0. The van der Waals surface area contributed by atoms with Crippen LogP contribution >= 0.6 is 27.7 Å². The Balaban J connectivity index is 1.98. The SMILES string of the molecule is CSc1nc(C(=O)Nc2cc(Br)ccc2NC(C)=O)c2ccccn12. The van der Waals surface area contributed by atoms with Crippen molar-refractivity contribution in [2.24, 2.45) is 0 Å². The fraction of sp³-hybridized carbons (Fsp3) is 0.118. The molecule has 3 rings (SSSR count). The Morgan fingerprint density at radius 2 is 1.96 bits per heavy atom. The average molecular weight is 419 g/mol. The number of nitrogens with zero attached hydrogens (tertiary/aromatic N) is 2. The van der Waals surface area contributed by atoms with E-state index < -0.39 is 0 Å². The van der Waals surface area contributed by atoms with Gasteiger partial charge in [-0.05, 0) is 36.6 Å². The van der Waals surface area contributed by atoms with Crippen LogP contribution < -0.4 is 10.6 Å². The number of carbonyl (C=O) groups is 2. The molecule has 8 heteroatoms. The third kappa shape index (κ3) is 3.69. The average Bonchev–Trinajstić information content (AvgIpc) is 2.96. The summed E-state index contributed by atoms with van der Waals surface area (Å²) >= 11 is 4.84. The van der Waals surface area contributed by atoms with Crippen LogP contribution in [0.3, 0.4) is 0 Å². The second-order valence-corrected chi connectivity index (χ2v) is 6.92. The summed E-state index contributed by atoms with van der Waals surface area (Å²) in [7, 11) is 0. The van der Waals surface area contributed by atoms with E-state index in [1.165, 1.54) is 18.7 Å². The van der Waals surface area contributed by atoms with E-state index in [1.807, 2.05) is 35.1 Å². The summed E-state index contributed by atoms with van der Waals surface area (Å²) in [6.07, 6.45) is 3.78. The van der Waals surface area contributed by atoms with Crippen LogP contribution in [-0.2, 0) is 4.79 Å². The number of benzene rings is 1. The second kappa shape index (κ2) is 7.28. The molecule has 0 atom stereocenters. The van der Waals surface area contributed by atoms with Crippen molar-refractivity contribution < 1.29 is 9.59 Å². The van der Waals surface area contributed by atoms with E-state index in [-0.39, 0.29) is 11.8 Å². The zero-order valence-electron chi connectivity index (χ0n) is 13.5. The molecule has 0 aliphatic heterocycles. The molecule has 0 fully saturated rings. The molecule has 1 aromatic carbocycles. The predicted octanol–water partition coefficient (Wildman–Crippen LogP) is 4.03. The zero-order chi connectivity index (χ0) is 18.0. The first-order valence-corrected chi connectivity index (χ1v) is 9.41. The van der Waals surface area contributed by atoms with Gasteiger partial charge in [0.1, 0.15) is 0 Å². The molecule has 0 saturated heterocycles. The number of rotatable bonds is 4. The van der Waals surface area contributed by atoms with Crippen LogP contribution in [0.1, 0.15) is 17.4 Å². The maximum atomic E-state index is 12.8. The van der Waals surface area contributed by atoms with Crippen LogP contribution in [0.25, 0.3) is 5.52 Å². The quantitative estimate of drug-likeness (QED) is 0.627. The minimum absolute atomic E-state index is 0.213. The number of aromatic nitrogens is 2. The van der Waals surface area contributed by atoms with E-state index in [1.54, 1.807) is 18.2 Å². The van der Waals surface area contributed by atoms with Gasteiger partial charge < -0.3 is 10.6 Å². The van der Waals surface area contributed by atoms with E-state index in [4.69, 9.17) is 0 Å². The van der Waals surface area contributed by atoms with Crippen molar-refractivity contribution in [1.82, 2.24) is 9.38 Å². The number of fused-ring (bicyclic) bond motifs is 1. The smallest absolute Gasteiger partial charge is 0.276 e. The molecule has 25 heavy (non-hydrogen) atoms. The van der Waals surface area contributed by atoms with E-state index in [0.29, 0.717) is 17.1 Å². The standard InChI is InChI=1S/C17H15BrN4O2S/c1-10(23)19-12-7-6-11(18)9-13(12)20-16(24)15-14-5-3-4-8-22(14)17(21-15)25-2/h3-9H,1-2H3,(H,19,23)(H,20,24). The van der Waals surface area contributed by atoms with E-state index in [2.05, 4.69) is 31.5 Å². The molecule has 2 amide bonds. The largest absolute Gasteiger partial charge is 0.325 e. The number of pyridine rings is 1. The third-order valence-electron chi connectivity index (χ3n) is 3.45. The lowest BCUT2D eigenvalue weighted by atomic mass is 10.2. The van der Waals surface area contributed by atoms with Gasteiger partial charge in [0, 0.05) is 17.6 Å². The Morgan fingerprint density at radius 1 is 1.16 bits per heavy atom. The Kier molecular flexibility index (Phi) is 5.10. The highest BCUT2D eigenvalue weighted by molar-refractivity contribution is 9.10. The summed E-state index contributed by atoms with van der Waals surface area (Å²) in [5.74, 6) is -0.552. The molecule has 0 aliphatic carbocycles. The topological polar surface area (TPSA) is 75.5 Å². The molecule has 3 aromatic rings. The molecule has 0 spiro atoms. The van der Waals surface area contributed by atoms with Gasteiger partial charge in [-0.2, -0.15) is 0 Å². The molecule has 0 aliphatic rings. The van der Waals surface area contributed by atoms with Gasteiger partial charge in [-0.3, -0.25) is 14.0 Å². The van der Waals surface area contributed by atoms with E-state index in [9.17, 15) is 9.59 Å². The fourth-order valence-electron chi connectivity index (χ4n) is 2.42. The number of carbonyl (C=O) groups excluding carboxylic acids is 2. The molecular formula is C17H15BrN4O2S. The fourth-order valence-corrected chi connectivity index (χ4v) is 3.32. The van der Waals surface area contributed by atoms with Crippen LogP contribution in [0, 0.1) is 0 Å². The van der Waals surface area contributed by atoms with Crippen molar-refractivity contribution in [3.05, 3.63) is 52.8 Å². The van der Waals surface area contributed by atoms with Crippen molar-refractivity contribution in [3.63, 3.8) is 0 Å². The van der Waals surface area contributed by atoms with Crippen molar-refractivity contribution in [2.45, 2.75) is 12.1 Å². The minimum Gasteiger partial charge on any atom is -0.325 e. The second-order valence-electron chi connectivity index (χ2n) is 5.23. The van der Waals surface area contributed by atoms with Crippen LogP contribution in [0.15, 0.2) is 52.2 Å². The first kappa shape index (κ1) is 17.5. The van der Waals surface area contributed by atoms with Crippen molar-refractivity contribution >= 4 is 56.4 Å². The predicted molar refractivity (Wildman–Crippen MR) is 103 cm³/mol. The third-order valence-corrected chi connectivity index (χ3v) is 4.60. The van der Waals surface area contributed by atoms with Gasteiger partial charge in [-0.15, -0.1) is 0 Å². The molecule has 0 bridgehead atoms. The van der Waals surface area contributed by atoms with Gasteiger partial charge in [0.15, 0.2) is 10.9 Å². The number of imidazole rings is 1. The lowest BCUT2D eigenvalue weighted by Crippen LogP contribution is -2.16. The molecule has 2 heterocycles. The van der Waals surface area contributed by atoms with Gasteiger partial charge in [-0.1, -0.05) is 33.8 Å². The normalized spacial score (nSPS) is 10.7. The number of hydrogen-bond donors (Lipinski definition) is 2. The Bertz CT molecular complexity index is 970. The van der Waals surface area contributed by atoms with Crippen LogP contribution in [0.4, 0.5) is 11.4 Å². The Morgan fingerprint density at radius 3 is 2.68 bits per heavy atom. The number of thioether (sulfide) groups is 1. The molecule has 128 valence electrons. The number of nitrogens with one attached hydrogen (secondary N) is 2. The molecule has 6 nitrogen and oxygen atoms in total. The van der Waals surface area contributed by atoms with Crippen LogP contribution in [0.5, 0.6) is 0 Å². The van der Waals surface area contributed by atoms with E-state index >= 15 is 0 Å². The number of amides is 2. The van der Waals surface area contributed by atoms with Gasteiger partial charge in [0.2, 0.25) is 5.91 Å². The van der Waals surface area contributed by atoms with Crippen LogP contribution in [-0.4, -0.2) is 27.5 Å². The number of halogens is 1. The highest BCUT2D eigenvalue weighted by atomic mass is 79.9. The summed E-state index contributed by atoms with van der Waals surface area (Å²) in [4.78, 5) is 28.6. The van der Waals surface area contributed by atoms with Gasteiger partial charge in [-0.25, -0.2) is 4.98 Å². The highest BCUT2D eigenvalue weighted by Gasteiger charge is 2.18. The summed E-state index contributed by atoms with van der Waals surface area (Å²) in [5, 5.41) is 6.27. The summed E-state index contributed by atoms with van der Waals surface area (Å²) in [6, 6.07) is 10.8. The molecular weight excluding hydrogens is 404 g/mol. The van der Waals surface area contributed by atoms with E-state index in [0.717, 1.165) is 15.1 Å². The van der Waals surface area contributed by atoms with Gasteiger partial charge in [0.05, 0.1) is 16.9 Å². The summed E-state index contributed by atoms with van der Waals surface area (Å²) in [5.41, 5.74) is 2.08. The van der Waals surface area contributed by atoms with Gasteiger partial charge in [0.25, 0.3) is 5.91 Å². The molecule has 2 aromatic heterocycles. The Labute approximate surface area is 157 Å². The lowest BCUT2D eigenvalue weighted by Gasteiger charge is -2.11. The number of anilines is 2. The Hall–Kier alpha value is -2.32.